The van der Waals surface area contributed by atoms with Crippen molar-refractivity contribution < 1.29 is 13.5 Å². The number of halogens is 2. The largest absolute Gasteiger partial charge is 0.384 e. The van der Waals surface area contributed by atoms with E-state index in [1.54, 1.807) is 0 Å². The molecule has 4 heteroatoms. The van der Waals surface area contributed by atoms with Gasteiger partial charge < -0.3 is 10.5 Å². The Morgan fingerprint density at radius 3 is 2.71 bits per heavy atom. The molecule has 1 rings (SSSR count). The van der Waals surface area contributed by atoms with Crippen LogP contribution in [0.25, 0.3) is 0 Å². The summed E-state index contributed by atoms with van der Waals surface area (Å²) < 4.78 is 31.0. The van der Waals surface area contributed by atoms with Crippen LogP contribution in [-0.4, -0.2) is 20.3 Å². The molecule has 0 saturated heterocycles. The van der Waals surface area contributed by atoms with E-state index < -0.39 is 11.6 Å². The minimum atomic E-state index is -0.462. The van der Waals surface area contributed by atoms with Crippen LogP contribution in [0.1, 0.15) is 11.5 Å². The van der Waals surface area contributed by atoms with Crippen LogP contribution in [0.3, 0.4) is 0 Å². The maximum atomic E-state index is 13.3. The number of nitrogens with two attached hydrogens (primary N) is 1. The first-order valence-electron chi connectivity index (χ1n) is 4.33. The third-order valence-corrected chi connectivity index (χ3v) is 2.05. The Hall–Kier alpha value is -1.00. The molecule has 0 aliphatic heterocycles. The van der Waals surface area contributed by atoms with Gasteiger partial charge in [0.15, 0.2) is 0 Å². The van der Waals surface area contributed by atoms with Gasteiger partial charge in [0, 0.05) is 19.6 Å². The maximum Gasteiger partial charge on any atom is 0.127 e. The van der Waals surface area contributed by atoms with Gasteiger partial charge in [0.1, 0.15) is 11.6 Å². The SMILES string of the molecule is COCC(CN)c1cc(F)ccc1F. The molecular formula is C10H13F2NO. The second kappa shape index (κ2) is 5.02. The van der Waals surface area contributed by atoms with Crippen molar-refractivity contribution in [2.45, 2.75) is 5.92 Å². The van der Waals surface area contributed by atoms with Crippen molar-refractivity contribution in [3.05, 3.63) is 35.4 Å². The molecule has 0 bridgehead atoms. The summed E-state index contributed by atoms with van der Waals surface area (Å²) in [6.45, 7) is 0.519. The van der Waals surface area contributed by atoms with E-state index in [9.17, 15) is 8.78 Å². The molecule has 1 aromatic rings. The fourth-order valence-electron chi connectivity index (χ4n) is 1.31. The van der Waals surface area contributed by atoms with Crippen LogP contribution in [0, 0.1) is 11.6 Å². The molecule has 0 fully saturated rings. The second-order valence-electron chi connectivity index (χ2n) is 3.05. The summed E-state index contributed by atoms with van der Waals surface area (Å²) in [7, 11) is 1.50. The van der Waals surface area contributed by atoms with E-state index in [-0.39, 0.29) is 24.6 Å². The fraction of sp³-hybridized carbons (Fsp3) is 0.400. The van der Waals surface area contributed by atoms with Crippen molar-refractivity contribution in [1.29, 1.82) is 0 Å². The van der Waals surface area contributed by atoms with Crippen LogP contribution in [0.4, 0.5) is 8.78 Å². The third kappa shape index (κ3) is 2.49. The zero-order valence-corrected chi connectivity index (χ0v) is 7.97. The molecule has 0 amide bonds. The zero-order chi connectivity index (χ0) is 10.6. The monoisotopic (exact) mass is 201 g/mol. The molecule has 0 spiro atoms. The number of rotatable bonds is 4. The molecule has 14 heavy (non-hydrogen) atoms. The molecular weight excluding hydrogens is 188 g/mol. The van der Waals surface area contributed by atoms with E-state index in [0.717, 1.165) is 18.2 Å². The van der Waals surface area contributed by atoms with Crippen molar-refractivity contribution in [3.8, 4) is 0 Å². The normalized spacial score (nSPS) is 12.9. The molecule has 1 aromatic carbocycles. The standard InChI is InChI=1S/C10H13F2NO/c1-14-6-7(5-13)9-4-8(11)2-3-10(9)12/h2-4,7H,5-6,13H2,1H3. The second-order valence-corrected chi connectivity index (χ2v) is 3.05. The molecule has 0 aliphatic carbocycles. The van der Waals surface area contributed by atoms with Crippen LogP contribution in [-0.2, 0) is 4.74 Å². The lowest BCUT2D eigenvalue weighted by molar-refractivity contribution is 0.179. The van der Waals surface area contributed by atoms with E-state index in [1.165, 1.54) is 7.11 Å². The molecule has 0 radical (unpaired) electrons. The first-order valence-corrected chi connectivity index (χ1v) is 4.33. The fourth-order valence-corrected chi connectivity index (χ4v) is 1.31. The molecule has 1 atom stereocenters. The van der Waals surface area contributed by atoms with E-state index in [1.807, 2.05) is 0 Å². The highest BCUT2D eigenvalue weighted by atomic mass is 19.1. The topological polar surface area (TPSA) is 35.2 Å². The Morgan fingerprint density at radius 2 is 2.14 bits per heavy atom. The Balaban J connectivity index is 2.96. The van der Waals surface area contributed by atoms with Crippen molar-refractivity contribution in [1.82, 2.24) is 0 Å². The van der Waals surface area contributed by atoms with Crippen molar-refractivity contribution in [2.24, 2.45) is 5.73 Å². The highest BCUT2D eigenvalue weighted by Gasteiger charge is 2.14. The number of hydrogen-bond donors (Lipinski definition) is 1. The van der Waals surface area contributed by atoms with Gasteiger partial charge in [-0.1, -0.05) is 0 Å². The number of ether oxygens (including phenoxy) is 1. The van der Waals surface area contributed by atoms with E-state index >= 15 is 0 Å². The molecule has 0 aliphatic rings. The maximum absolute atomic E-state index is 13.3. The van der Waals surface area contributed by atoms with Crippen molar-refractivity contribution >= 4 is 0 Å². The molecule has 2 nitrogen and oxygen atoms in total. The van der Waals surface area contributed by atoms with Gasteiger partial charge in [0.2, 0.25) is 0 Å². The average molecular weight is 201 g/mol. The van der Waals surface area contributed by atoms with Crippen LogP contribution in [0.5, 0.6) is 0 Å². The Labute approximate surface area is 81.7 Å². The van der Waals surface area contributed by atoms with Gasteiger partial charge >= 0.3 is 0 Å². The lowest BCUT2D eigenvalue weighted by Gasteiger charge is -2.14. The van der Waals surface area contributed by atoms with Crippen LogP contribution < -0.4 is 5.73 Å². The van der Waals surface area contributed by atoms with Gasteiger partial charge in [-0.15, -0.1) is 0 Å². The first-order chi connectivity index (χ1) is 6.69. The molecule has 1 unspecified atom stereocenters. The summed E-state index contributed by atoms with van der Waals surface area (Å²) in [5, 5.41) is 0. The summed E-state index contributed by atoms with van der Waals surface area (Å²) in [6, 6.07) is 3.34. The Morgan fingerprint density at radius 1 is 1.43 bits per heavy atom. The predicted molar refractivity (Wildman–Crippen MR) is 50.0 cm³/mol. The first kappa shape index (κ1) is 11.1. The van der Waals surface area contributed by atoms with Gasteiger partial charge in [-0.3, -0.25) is 0 Å². The molecule has 78 valence electrons. The average Bonchev–Trinajstić information content (AvgIpc) is 2.18. The summed E-state index contributed by atoms with van der Waals surface area (Å²) in [5.74, 6) is -1.20. The summed E-state index contributed by atoms with van der Waals surface area (Å²) in [6.07, 6.45) is 0. The highest BCUT2D eigenvalue weighted by Crippen LogP contribution is 2.19. The number of methoxy groups -OCH3 is 1. The third-order valence-electron chi connectivity index (χ3n) is 2.05. The van der Waals surface area contributed by atoms with Gasteiger partial charge in [0.25, 0.3) is 0 Å². The number of hydrogen-bond acceptors (Lipinski definition) is 2. The molecule has 0 saturated carbocycles. The van der Waals surface area contributed by atoms with E-state index in [0.29, 0.717) is 0 Å². The summed E-state index contributed by atoms with van der Waals surface area (Å²) in [5.41, 5.74) is 5.71. The summed E-state index contributed by atoms with van der Waals surface area (Å²) >= 11 is 0. The predicted octanol–water partition coefficient (Wildman–Crippen LogP) is 1.65. The minimum absolute atomic E-state index is 0.230. The lowest BCUT2D eigenvalue weighted by atomic mass is 9.99. The van der Waals surface area contributed by atoms with Gasteiger partial charge in [-0.2, -0.15) is 0 Å². The Kier molecular flexibility index (Phi) is 3.98. The van der Waals surface area contributed by atoms with Gasteiger partial charge in [-0.25, -0.2) is 8.78 Å². The highest BCUT2D eigenvalue weighted by molar-refractivity contribution is 5.23. The van der Waals surface area contributed by atoms with Crippen molar-refractivity contribution in [3.63, 3.8) is 0 Å². The molecule has 2 N–H and O–H groups in total. The molecule has 0 aromatic heterocycles. The quantitative estimate of drug-likeness (QED) is 0.804. The summed E-state index contributed by atoms with van der Waals surface area (Å²) in [4.78, 5) is 0. The van der Waals surface area contributed by atoms with Crippen LogP contribution in [0.2, 0.25) is 0 Å². The lowest BCUT2D eigenvalue weighted by Crippen LogP contribution is -2.18. The van der Waals surface area contributed by atoms with Crippen LogP contribution in [0.15, 0.2) is 18.2 Å². The Bertz CT molecular complexity index is 304. The zero-order valence-electron chi connectivity index (χ0n) is 7.97. The number of benzene rings is 1. The van der Waals surface area contributed by atoms with Gasteiger partial charge in [-0.05, 0) is 23.8 Å². The smallest absolute Gasteiger partial charge is 0.127 e. The van der Waals surface area contributed by atoms with Crippen LogP contribution >= 0.6 is 0 Å². The minimum Gasteiger partial charge on any atom is -0.384 e. The molecule has 0 heterocycles. The van der Waals surface area contributed by atoms with E-state index in [2.05, 4.69) is 0 Å². The van der Waals surface area contributed by atoms with Gasteiger partial charge in [0.05, 0.1) is 6.61 Å². The van der Waals surface area contributed by atoms with E-state index in [4.69, 9.17) is 10.5 Å². The van der Waals surface area contributed by atoms with Crippen molar-refractivity contribution in [2.75, 3.05) is 20.3 Å².